The molecule has 2 N–H and O–H groups in total. The van der Waals surface area contributed by atoms with E-state index in [1.165, 1.54) is 5.56 Å². The molecule has 120 valence electrons. The maximum Gasteiger partial charge on any atom is 0.252 e. The predicted molar refractivity (Wildman–Crippen MR) is 86.3 cm³/mol. The molecular weight excluding hydrogens is 276 g/mol. The number of nitrogens with zero attached hydrogens (tertiary/aromatic N) is 1. The second kappa shape index (κ2) is 6.01. The van der Waals surface area contributed by atoms with Crippen LogP contribution < -0.4 is 5.32 Å². The van der Waals surface area contributed by atoms with E-state index in [0.29, 0.717) is 19.4 Å². The zero-order chi connectivity index (χ0) is 15.6. The van der Waals surface area contributed by atoms with E-state index < -0.39 is 5.60 Å². The van der Waals surface area contributed by atoms with Gasteiger partial charge in [0.1, 0.15) is 5.60 Å². The number of carbonyl (C=O) groups is 1. The molecule has 1 amide bonds. The maximum absolute atomic E-state index is 12.1. The van der Waals surface area contributed by atoms with E-state index in [9.17, 15) is 9.90 Å². The van der Waals surface area contributed by atoms with Crippen LogP contribution in [0.1, 0.15) is 44.6 Å². The molecule has 1 saturated carbocycles. The van der Waals surface area contributed by atoms with Gasteiger partial charge in [-0.2, -0.15) is 0 Å². The molecule has 1 heterocycles. The Balaban J connectivity index is 1.59. The first-order valence-electron chi connectivity index (χ1n) is 8.32. The summed E-state index contributed by atoms with van der Waals surface area (Å²) < 4.78 is 0. The standard InChI is InChI=1S/C18H26N2O2/c1-17(14-19-16(21)18(22)10-5-11-18)9-6-12-20(17)13-15-7-3-2-4-8-15/h2-4,7-8,22H,5-6,9-14H2,1H3,(H,19,21). The monoisotopic (exact) mass is 302 g/mol. The highest BCUT2D eigenvalue weighted by atomic mass is 16.3. The second-order valence-corrected chi connectivity index (χ2v) is 7.08. The van der Waals surface area contributed by atoms with Crippen molar-refractivity contribution in [2.75, 3.05) is 13.1 Å². The van der Waals surface area contributed by atoms with E-state index in [1.54, 1.807) is 0 Å². The van der Waals surface area contributed by atoms with Crippen LogP contribution in [0.2, 0.25) is 0 Å². The predicted octanol–water partition coefficient (Wildman–Crippen LogP) is 2.07. The Hall–Kier alpha value is -1.39. The molecule has 0 aromatic heterocycles. The van der Waals surface area contributed by atoms with Gasteiger partial charge in [-0.05, 0) is 51.1 Å². The van der Waals surface area contributed by atoms with Crippen LogP contribution in [0.15, 0.2) is 30.3 Å². The van der Waals surface area contributed by atoms with Crippen LogP contribution in [0.5, 0.6) is 0 Å². The molecule has 0 bridgehead atoms. The van der Waals surface area contributed by atoms with Crippen LogP contribution in [0, 0.1) is 0 Å². The van der Waals surface area contributed by atoms with E-state index in [1.807, 2.05) is 6.07 Å². The number of likely N-dealkylation sites (tertiary alicyclic amines) is 1. The zero-order valence-corrected chi connectivity index (χ0v) is 13.3. The average Bonchev–Trinajstić information content (AvgIpc) is 2.85. The van der Waals surface area contributed by atoms with Crippen LogP contribution in [0.3, 0.4) is 0 Å². The van der Waals surface area contributed by atoms with Gasteiger partial charge in [0.15, 0.2) is 0 Å². The maximum atomic E-state index is 12.1. The topological polar surface area (TPSA) is 52.6 Å². The van der Waals surface area contributed by atoms with Crippen molar-refractivity contribution in [1.82, 2.24) is 10.2 Å². The van der Waals surface area contributed by atoms with Gasteiger partial charge in [0, 0.05) is 18.6 Å². The van der Waals surface area contributed by atoms with Crippen molar-refractivity contribution in [3.05, 3.63) is 35.9 Å². The van der Waals surface area contributed by atoms with Crippen molar-refractivity contribution in [2.45, 2.75) is 56.7 Å². The lowest BCUT2D eigenvalue weighted by molar-refractivity contribution is -0.149. The Bertz CT molecular complexity index is 527. The summed E-state index contributed by atoms with van der Waals surface area (Å²) in [4.78, 5) is 14.6. The Kier molecular flexibility index (Phi) is 4.24. The van der Waals surface area contributed by atoms with Gasteiger partial charge in [-0.3, -0.25) is 9.69 Å². The molecule has 1 atom stereocenters. The highest BCUT2D eigenvalue weighted by Crippen LogP contribution is 2.33. The van der Waals surface area contributed by atoms with Crippen LogP contribution >= 0.6 is 0 Å². The van der Waals surface area contributed by atoms with Crippen molar-refractivity contribution < 1.29 is 9.90 Å². The van der Waals surface area contributed by atoms with E-state index in [0.717, 1.165) is 32.4 Å². The first kappa shape index (κ1) is 15.5. The summed E-state index contributed by atoms with van der Waals surface area (Å²) in [5.41, 5.74) is 0.185. The minimum Gasteiger partial charge on any atom is -0.380 e. The number of rotatable bonds is 5. The molecule has 2 fully saturated rings. The summed E-state index contributed by atoms with van der Waals surface area (Å²) in [5.74, 6) is -0.188. The molecule has 1 aliphatic heterocycles. The Labute approximate surface area is 132 Å². The van der Waals surface area contributed by atoms with Crippen molar-refractivity contribution in [2.24, 2.45) is 0 Å². The Morgan fingerprint density at radius 3 is 2.59 bits per heavy atom. The smallest absolute Gasteiger partial charge is 0.252 e. The molecular formula is C18H26N2O2. The van der Waals surface area contributed by atoms with E-state index >= 15 is 0 Å². The fraction of sp³-hybridized carbons (Fsp3) is 0.611. The first-order valence-corrected chi connectivity index (χ1v) is 8.32. The van der Waals surface area contributed by atoms with Crippen molar-refractivity contribution in [1.29, 1.82) is 0 Å². The molecule has 0 radical (unpaired) electrons. The molecule has 22 heavy (non-hydrogen) atoms. The van der Waals surface area contributed by atoms with Gasteiger partial charge in [0.25, 0.3) is 5.91 Å². The molecule has 1 aliphatic carbocycles. The summed E-state index contributed by atoms with van der Waals surface area (Å²) >= 11 is 0. The highest BCUT2D eigenvalue weighted by molar-refractivity contribution is 5.85. The Morgan fingerprint density at radius 1 is 1.23 bits per heavy atom. The number of hydrogen-bond acceptors (Lipinski definition) is 3. The van der Waals surface area contributed by atoms with Gasteiger partial charge >= 0.3 is 0 Å². The molecule has 1 unspecified atom stereocenters. The van der Waals surface area contributed by atoms with Gasteiger partial charge in [-0.1, -0.05) is 30.3 Å². The van der Waals surface area contributed by atoms with Crippen molar-refractivity contribution in [3.8, 4) is 0 Å². The largest absolute Gasteiger partial charge is 0.380 e. The lowest BCUT2D eigenvalue weighted by Crippen LogP contribution is -2.56. The third-order valence-corrected chi connectivity index (χ3v) is 5.36. The number of aliphatic hydroxyl groups is 1. The van der Waals surface area contributed by atoms with Gasteiger partial charge < -0.3 is 10.4 Å². The SMILES string of the molecule is CC1(CNC(=O)C2(O)CCC2)CCCN1Cc1ccccc1. The first-order chi connectivity index (χ1) is 10.5. The molecule has 2 aliphatic rings. The summed E-state index contributed by atoms with van der Waals surface area (Å²) in [6, 6.07) is 10.5. The number of carbonyl (C=O) groups excluding carboxylic acids is 1. The van der Waals surface area contributed by atoms with Crippen LogP contribution in [0.25, 0.3) is 0 Å². The summed E-state index contributed by atoms with van der Waals surface area (Å²) in [6.45, 7) is 4.80. The third kappa shape index (κ3) is 3.03. The zero-order valence-electron chi connectivity index (χ0n) is 13.3. The normalized spacial score (nSPS) is 27.4. The molecule has 1 saturated heterocycles. The van der Waals surface area contributed by atoms with Gasteiger partial charge in [-0.15, -0.1) is 0 Å². The Morgan fingerprint density at radius 2 is 1.95 bits per heavy atom. The molecule has 0 spiro atoms. The lowest BCUT2D eigenvalue weighted by Gasteiger charge is -2.39. The molecule has 1 aromatic carbocycles. The van der Waals surface area contributed by atoms with E-state index in [2.05, 4.69) is 41.4 Å². The summed E-state index contributed by atoms with van der Waals surface area (Å²) in [6.07, 6.45) is 4.38. The highest BCUT2D eigenvalue weighted by Gasteiger charge is 2.43. The van der Waals surface area contributed by atoms with E-state index in [-0.39, 0.29) is 11.4 Å². The fourth-order valence-corrected chi connectivity index (χ4v) is 3.53. The van der Waals surface area contributed by atoms with Gasteiger partial charge in [0.2, 0.25) is 0 Å². The fourth-order valence-electron chi connectivity index (χ4n) is 3.53. The van der Waals surface area contributed by atoms with Gasteiger partial charge in [0.05, 0.1) is 0 Å². The molecule has 4 nitrogen and oxygen atoms in total. The van der Waals surface area contributed by atoms with Crippen molar-refractivity contribution in [3.63, 3.8) is 0 Å². The number of nitrogens with one attached hydrogen (secondary N) is 1. The number of amides is 1. The quantitative estimate of drug-likeness (QED) is 0.875. The summed E-state index contributed by atoms with van der Waals surface area (Å²) in [5, 5.41) is 13.1. The van der Waals surface area contributed by atoms with E-state index in [4.69, 9.17) is 0 Å². The molecule has 1 aromatic rings. The second-order valence-electron chi connectivity index (χ2n) is 7.08. The molecule has 3 rings (SSSR count). The number of hydrogen-bond donors (Lipinski definition) is 2. The van der Waals surface area contributed by atoms with Crippen LogP contribution in [-0.4, -0.2) is 40.1 Å². The van der Waals surface area contributed by atoms with Crippen LogP contribution in [0.4, 0.5) is 0 Å². The minimum absolute atomic E-state index is 0.0222. The number of benzene rings is 1. The minimum atomic E-state index is -1.10. The third-order valence-electron chi connectivity index (χ3n) is 5.36. The average molecular weight is 302 g/mol. The molecule has 4 heteroatoms. The lowest BCUT2D eigenvalue weighted by atomic mass is 9.79. The summed E-state index contributed by atoms with van der Waals surface area (Å²) in [7, 11) is 0. The van der Waals surface area contributed by atoms with Gasteiger partial charge in [-0.25, -0.2) is 0 Å². The van der Waals surface area contributed by atoms with Crippen molar-refractivity contribution >= 4 is 5.91 Å². The van der Waals surface area contributed by atoms with Crippen LogP contribution in [-0.2, 0) is 11.3 Å².